The van der Waals surface area contributed by atoms with Crippen LogP contribution >= 0.6 is 0 Å². The van der Waals surface area contributed by atoms with Gasteiger partial charge >= 0.3 is 6.09 Å². The summed E-state index contributed by atoms with van der Waals surface area (Å²) in [6, 6.07) is 8.24. The van der Waals surface area contributed by atoms with Gasteiger partial charge in [0, 0.05) is 23.4 Å². The number of alkyl carbamates (subject to hydrolysis) is 1. The van der Waals surface area contributed by atoms with Gasteiger partial charge in [0.2, 0.25) is 0 Å². The molecule has 3 aliphatic rings. The number of hydrogen-bond donors (Lipinski definition) is 1. The van der Waals surface area contributed by atoms with Crippen molar-refractivity contribution < 1.29 is 19.0 Å². The minimum atomic E-state index is -0.327. The number of carbonyl (C=O) groups excluding carboxylic acids is 1. The first-order chi connectivity index (χ1) is 12.9. The van der Waals surface area contributed by atoms with Crippen molar-refractivity contribution in [3.8, 4) is 5.75 Å². The molecule has 1 saturated heterocycles. The Kier molecular flexibility index (Phi) is 4.61. The summed E-state index contributed by atoms with van der Waals surface area (Å²) in [6.07, 6.45) is 1.56. The van der Waals surface area contributed by atoms with E-state index >= 15 is 0 Å². The molecule has 27 heavy (non-hydrogen) atoms. The minimum Gasteiger partial charge on any atom is -0.487 e. The zero-order chi connectivity index (χ0) is 19.2. The Bertz CT molecular complexity index is 722. The molecule has 2 fully saturated rings. The molecule has 1 amide bonds. The monoisotopic (exact) mass is 373 g/mol. The van der Waals surface area contributed by atoms with Gasteiger partial charge < -0.3 is 19.5 Å². The van der Waals surface area contributed by atoms with E-state index in [1.807, 2.05) is 25.1 Å². The van der Waals surface area contributed by atoms with E-state index in [2.05, 4.69) is 32.2 Å². The standard InChI is InChI=1S/C22H31NO4/c1-5-10-23-20(24)26-13-22-12-25-19-16-8-6-7-9-17(16)27-21(4,11-14(22)2)18(19)15(22)3/h6-9,14-15,18-19H,5,10-13H2,1-4H3,(H,23,24). The van der Waals surface area contributed by atoms with Crippen molar-refractivity contribution in [3.63, 3.8) is 0 Å². The van der Waals surface area contributed by atoms with E-state index in [-0.39, 0.29) is 29.1 Å². The Balaban J connectivity index is 1.61. The highest BCUT2D eigenvalue weighted by atomic mass is 16.6. The minimum absolute atomic E-state index is 0.0458. The number of benzene rings is 1. The van der Waals surface area contributed by atoms with Crippen LogP contribution in [0.3, 0.4) is 0 Å². The summed E-state index contributed by atoms with van der Waals surface area (Å²) in [5.74, 6) is 1.86. The van der Waals surface area contributed by atoms with E-state index in [0.29, 0.717) is 31.6 Å². The number of nitrogens with one attached hydrogen (secondary N) is 1. The summed E-state index contributed by atoms with van der Waals surface area (Å²) >= 11 is 0. The Morgan fingerprint density at radius 1 is 1.33 bits per heavy atom. The van der Waals surface area contributed by atoms with Crippen molar-refractivity contribution in [1.29, 1.82) is 0 Å². The fourth-order valence-corrected chi connectivity index (χ4v) is 5.73. The quantitative estimate of drug-likeness (QED) is 0.854. The molecule has 2 aliphatic heterocycles. The van der Waals surface area contributed by atoms with Crippen LogP contribution in [-0.4, -0.2) is 31.5 Å². The fourth-order valence-electron chi connectivity index (χ4n) is 5.73. The topological polar surface area (TPSA) is 56.8 Å². The van der Waals surface area contributed by atoms with Crippen LogP contribution in [0.2, 0.25) is 0 Å². The molecule has 0 radical (unpaired) electrons. The van der Waals surface area contributed by atoms with Gasteiger partial charge in [-0.1, -0.05) is 39.0 Å². The highest BCUT2D eigenvalue weighted by molar-refractivity contribution is 5.67. The highest BCUT2D eigenvalue weighted by Gasteiger charge is 2.64. The first-order valence-corrected chi connectivity index (χ1v) is 10.2. The SMILES string of the molecule is CCCNC(=O)OCC12COC3c4ccccc4OC(C)(CC1C)C3C2C. The van der Waals surface area contributed by atoms with Crippen LogP contribution in [-0.2, 0) is 9.47 Å². The van der Waals surface area contributed by atoms with E-state index in [1.165, 1.54) is 0 Å². The second kappa shape index (κ2) is 6.69. The molecule has 0 spiro atoms. The zero-order valence-electron chi connectivity index (χ0n) is 16.8. The molecule has 5 heteroatoms. The number of ether oxygens (including phenoxy) is 3. The number of rotatable bonds is 4. The normalized spacial score (nSPS) is 39.1. The van der Waals surface area contributed by atoms with Crippen molar-refractivity contribution in [1.82, 2.24) is 5.32 Å². The largest absolute Gasteiger partial charge is 0.487 e. The summed E-state index contributed by atoms with van der Waals surface area (Å²) in [5, 5.41) is 2.81. The van der Waals surface area contributed by atoms with E-state index in [9.17, 15) is 4.79 Å². The van der Waals surface area contributed by atoms with E-state index < -0.39 is 0 Å². The molecule has 2 heterocycles. The van der Waals surface area contributed by atoms with E-state index in [1.54, 1.807) is 0 Å². The van der Waals surface area contributed by atoms with Crippen molar-refractivity contribution in [2.45, 2.75) is 52.2 Å². The van der Waals surface area contributed by atoms with Crippen LogP contribution in [0.15, 0.2) is 24.3 Å². The molecular formula is C22H31NO4. The number of hydrogen-bond acceptors (Lipinski definition) is 4. The van der Waals surface area contributed by atoms with Crippen molar-refractivity contribution >= 4 is 6.09 Å². The van der Waals surface area contributed by atoms with Gasteiger partial charge in [0.1, 0.15) is 18.0 Å². The Morgan fingerprint density at radius 2 is 2.11 bits per heavy atom. The molecule has 1 N–H and O–H groups in total. The first kappa shape index (κ1) is 18.6. The van der Waals surface area contributed by atoms with Gasteiger partial charge in [-0.15, -0.1) is 0 Å². The number of fused-ring (bicyclic) bond motifs is 3. The first-order valence-electron chi connectivity index (χ1n) is 10.2. The summed E-state index contributed by atoms with van der Waals surface area (Å²) < 4.78 is 18.7. The average Bonchev–Trinajstić information content (AvgIpc) is 2.64. The summed E-state index contributed by atoms with van der Waals surface area (Å²) in [7, 11) is 0. The third-order valence-corrected chi connectivity index (χ3v) is 7.26. The highest BCUT2D eigenvalue weighted by Crippen LogP contribution is 2.63. The van der Waals surface area contributed by atoms with Crippen LogP contribution < -0.4 is 10.1 Å². The Hall–Kier alpha value is -1.75. The van der Waals surface area contributed by atoms with Gasteiger partial charge in [0.05, 0.1) is 12.7 Å². The maximum Gasteiger partial charge on any atom is 0.407 e. The van der Waals surface area contributed by atoms with Crippen LogP contribution in [0, 0.1) is 23.2 Å². The summed E-state index contributed by atoms with van der Waals surface area (Å²) in [4.78, 5) is 12.0. The predicted molar refractivity (Wildman–Crippen MR) is 103 cm³/mol. The maximum atomic E-state index is 12.0. The molecule has 6 unspecified atom stereocenters. The van der Waals surface area contributed by atoms with Gasteiger partial charge in [-0.3, -0.25) is 0 Å². The molecule has 1 aromatic carbocycles. The second-order valence-electron chi connectivity index (χ2n) is 8.84. The third-order valence-electron chi connectivity index (χ3n) is 7.26. The lowest BCUT2D eigenvalue weighted by molar-refractivity contribution is -0.259. The predicted octanol–water partition coefficient (Wildman–Crippen LogP) is 4.32. The Morgan fingerprint density at radius 3 is 2.89 bits per heavy atom. The summed E-state index contributed by atoms with van der Waals surface area (Å²) in [6.45, 7) is 10.4. The third kappa shape index (κ3) is 2.82. The Labute approximate surface area is 161 Å². The zero-order valence-corrected chi connectivity index (χ0v) is 16.8. The maximum absolute atomic E-state index is 12.0. The smallest absolute Gasteiger partial charge is 0.407 e. The molecule has 5 nitrogen and oxygen atoms in total. The molecule has 6 atom stereocenters. The molecular weight excluding hydrogens is 342 g/mol. The molecule has 1 saturated carbocycles. The van der Waals surface area contributed by atoms with Gasteiger partial charge in [-0.25, -0.2) is 4.79 Å². The van der Waals surface area contributed by atoms with Crippen LogP contribution in [0.4, 0.5) is 4.79 Å². The van der Waals surface area contributed by atoms with Crippen LogP contribution in [0.1, 0.15) is 52.2 Å². The number of para-hydroxylation sites is 1. The molecule has 148 valence electrons. The lowest BCUT2D eigenvalue weighted by Gasteiger charge is -2.63. The molecule has 4 rings (SSSR count). The van der Waals surface area contributed by atoms with Gasteiger partial charge in [0.15, 0.2) is 0 Å². The van der Waals surface area contributed by atoms with E-state index in [4.69, 9.17) is 14.2 Å². The van der Waals surface area contributed by atoms with Crippen LogP contribution in [0.25, 0.3) is 0 Å². The molecule has 1 aromatic rings. The van der Waals surface area contributed by atoms with Gasteiger partial charge in [0.25, 0.3) is 0 Å². The molecule has 2 bridgehead atoms. The van der Waals surface area contributed by atoms with Gasteiger partial charge in [-0.2, -0.15) is 0 Å². The second-order valence-corrected chi connectivity index (χ2v) is 8.84. The fraction of sp³-hybridized carbons (Fsp3) is 0.682. The van der Waals surface area contributed by atoms with Crippen molar-refractivity contribution in [3.05, 3.63) is 29.8 Å². The van der Waals surface area contributed by atoms with E-state index in [0.717, 1.165) is 24.2 Å². The van der Waals surface area contributed by atoms with Crippen LogP contribution in [0.5, 0.6) is 5.75 Å². The summed E-state index contributed by atoms with van der Waals surface area (Å²) in [5.41, 5.74) is 0.725. The number of carbonyl (C=O) groups is 1. The number of amides is 1. The average molecular weight is 373 g/mol. The molecule has 1 aliphatic carbocycles. The van der Waals surface area contributed by atoms with Crippen molar-refractivity contribution in [2.24, 2.45) is 23.2 Å². The lowest BCUT2D eigenvalue weighted by atomic mass is 9.50. The molecule has 0 aromatic heterocycles. The van der Waals surface area contributed by atoms with Crippen molar-refractivity contribution in [2.75, 3.05) is 19.8 Å². The van der Waals surface area contributed by atoms with Gasteiger partial charge in [-0.05, 0) is 37.7 Å². The lowest BCUT2D eigenvalue weighted by Crippen LogP contribution is -2.66.